The van der Waals surface area contributed by atoms with Gasteiger partial charge in [0.25, 0.3) is 0 Å². The van der Waals surface area contributed by atoms with Crippen LogP contribution in [0.1, 0.15) is 38.1 Å². The van der Waals surface area contributed by atoms with E-state index >= 15 is 0 Å². The van der Waals surface area contributed by atoms with Gasteiger partial charge in [0, 0.05) is 6.54 Å². The van der Waals surface area contributed by atoms with Crippen molar-refractivity contribution in [2.75, 3.05) is 13.1 Å². The van der Waals surface area contributed by atoms with Gasteiger partial charge in [0.1, 0.15) is 0 Å². The smallest absolute Gasteiger partial charge is 0.0738 e. The van der Waals surface area contributed by atoms with Crippen LogP contribution in [0.5, 0.6) is 0 Å². The molecule has 0 bridgehead atoms. The second-order valence-electron chi connectivity index (χ2n) is 3.97. The van der Waals surface area contributed by atoms with Crippen molar-refractivity contribution in [2.45, 2.75) is 46.6 Å². The minimum absolute atomic E-state index is 0.953. The molecule has 1 rings (SSSR count). The summed E-state index contributed by atoms with van der Waals surface area (Å²) in [6.45, 7) is 9.48. The molecule has 3 nitrogen and oxygen atoms in total. The Morgan fingerprint density at radius 3 is 2.69 bits per heavy atom. The van der Waals surface area contributed by atoms with Gasteiger partial charge in [-0.25, -0.2) is 0 Å². The van der Waals surface area contributed by atoms with Gasteiger partial charge in [-0.2, -0.15) is 5.10 Å². The largest absolute Gasteiger partial charge is 0.317 e. The molecule has 0 saturated heterocycles. The molecule has 0 radical (unpaired) electrons. The average molecular weight is 288 g/mol. The summed E-state index contributed by atoms with van der Waals surface area (Å²) < 4.78 is 3.30. The predicted molar refractivity (Wildman–Crippen MR) is 71.8 cm³/mol. The molecule has 0 aromatic carbocycles. The Kier molecular flexibility index (Phi) is 6.06. The maximum Gasteiger partial charge on any atom is 0.0738 e. The van der Waals surface area contributed by atoms with Crippen molar-refractivity contribution in [3.05, 3.63) is 15.9 Å². The lowest BCUT2D eigenvalue weighted by Gasteiger charge is -2.05. The number of aromatic nitrogens is 2. The summed E-state index contributed by atoms with van der Waals surface area (Å²) in [5, 5.41) is 7.85. The Morgan fingerprint density at radius 2 is 2.06 bits per heavy atom. The molecule has 92 valence electrons. The summed E-state index contributed by atoms with van der Waals surface area (Å²) in [6, 6.07) is 0. The Labute approximate surface area is 107 Å². The molecule has 0 aliphatic heterocycles. The highest BCUT2D eigenvalue weighted by Crippen LogP contribution is 2.22. The Hall–Kier alpha value is -0.350. The molecular formula is C12H22BrN3. The van der Waals surface area contributed by atoms with Gasteiger partial charge in [0.2, 0.25) is 0 Å². The Bertz CT molecular complexity index is 320. The van der Waals surface area contributed by atoms with Crippen LogP contribution >= 0.6 is 15.9 Å². The number of unbranched alkanes of at least 4 members (excludes halogenated alkanes) is 1. The lowest BCUT2D eigenvalue weighted by atomic mass is 10.2. The fourth-order valence-corrected chi connectivity index (χ4v) is 2.31. The molecule has 1 aromatic rings. The molecule has 4 heteroatoms. The monoisotopic (exact) mass is 287 g/mol. The quantitative estimate of drug-likeness (QED) is 0.782. The van der Waals surface area contributed by atoms with E-state index in [1.807, 2.05) is 0 Å². The first-order valence-corrected chi connectivity index (χ1v) is 6.92. The van der Waals surface area contributed by atoms with Crippen LogP contribution in [0.25, 0.3) is 0 Å². The van der Waals surface area contributed by atoms with Crippen LogP contribution in [0, 0.1) is 6.92 Å². The molecule has 0 atom stereocenters. The average Bonchev–Trinajstić information content (AvgIpc) is 2.56. The number of hydrogen-bond donors (Lipinski definition) is 1. The number of nitrogens with zero attached hydrogens (tertiary/aromatic N) is 2. The van der Waals surface area contributed by atoms with Crippen molar-refractivity contribution in [1.82, 2.24) is 15.1 Å². The van der Waals surface area contributed by atoms with Crippen molar-refractivity contribution in [2.24, 2.45) is 0 Å². The van der Waals surface area contributed by atoms with E-state index in [0.29, 0.717) is 0 Å². The maximum atomic E-state index is 4.50. The normalized spacial score (nSPS) is 11.0. The fraction of sp³-hybridized carbons (Fsp3) is 0.750. The van der Waals surface area contributed by atoms with Crippen LogP contribution in [0.4, 0.5) is 0 Å². The van der Waals surface area contributed by atoms with Crippen molar-refractivity contribution in [3.8, 4) is 0 Å². The van der Waals surface area contributed by atoms with E-state index in [-0.39, 0.29) is 0 Å². The van der Waals surface area contributed by atoms with E-state index in [0.717, 1.165) is 31.7 Å². The third-order valence-corrected chi connectivity index (χ3v) is 3.75. The molecule has 0 spiro atoms. The number of aryl methyl sites for hydroxylation is 2. The van der Waals surface area contributed by atoms with E-state index < -0.39 is 0 Å². The van der Waals surface area contributed by atoms with E-state index in [1.54, 1.807) is 0 Å². The first-order chi connectivity index (χ1) is 7.70. The zero-order valence-corrected chi connectivity index (χ0v) is 12.1. The topological polar surface area (TPSA) is 29.9 Å². The van der Waals surface area contributed by atoms with Crippen molar-refractivity contribution >= 4 is 15.9 Å². The molecule has 1 N–H and O–H groups in total. The van der Waals surface area contributed by atoms with Gasteiger partial charge < -0.3 is 5.32 Å². The summed E-state index contributed by atoms with van der Waals surface area (Å²) in [4.78, 5) is 0. The summed E-state index contributed by atoms with van der Waals surface area (Å²) >= 11 is 3.63. The van der Waals surface area contributed by atoms with E-state index in [4.69, 9.17) is 0 Å². The minimum atomic E-state index is 0.953. The fourth-order valence-electron chi connectivity index (χ4n) is 1.83. The number of rotatable bonds is 7. The highest BCUT2D eigenvalue weighted by Gasteiger charge is 2.10. The van der Waals surface area contributed by atoms with Gasteiger partial charge in [-0.3, -0.25) is 4.68 Å². The third kappa shape index (κ3) is 3.59. The molecule has 1 aromatic heterocycles. The van der Waals surface area contributed by atoms with Crippen molar-refractivity contribution in [3.63, 3.8) is 0 Å². The van der Waals surface area contributed by atoms with Crippen LogP contribution in [0.15, 0.2) is 4.47 Å². The zero-order valence-electron chi connectivity index (χ0n) is 10.5. The SMILES string of the molecule is CCNCCCCc1c(Br)c(C)nn1CC. The molecule has 0 saturated carbocycles. The Morgan fingerprint density at radius 1 is 1.31 bits per heavy atom. The van der Waals surface area contributed by atoms with Crippen LogP contribution in [0.3, 0.4) is 0 Å². The van der Waals surface area contributed by atoms with Crippen LogP contribution < -0.4 is 5.32 Å². The highest BCUT2D eigenvalue weighted by molar-refractivity contribution is 9.10. The summed E-state index contributed by atoms with van der Waals surface area (Å²) in [7, 11) is 0. The van der Waals surface area contributed by atoms with Crippen molar-refractivity contribution in [1.29, 1.82) is 0 Å². The van der Waals surface area contributed by atoms with Gasteiger partial charge in [0.05, 0.1) is 15.9 Å². The molecule has 0 fully saturated rings. The second kappa shape index (κ2) is 7.07. The van der Waals surface area contributed by atoms with E-state index in [9.17, 15) is 0 Å². The zero-order chi connectivity index (χ0) is 12.0. The summed E-state index contributed by atoms with van der Waals surface area (Å²) in [5.74, 6) is 0. The van der Waals surface area contributed by atoms with Gasteiger partial charge in [-0.05, 0) is 62.1 Å². The number of halogens is 1. The molecule has 0 aliphatic rings. The summed E-state index contributed by atoms with van der Waals surface area (Å²) in [5.41, 5.74) is 2.44. The summed E-state index contributed by atoms with van der Waals surface area (Å²) in [6.07, 6.45) is 3.56. The number of hydrogen-bond acceptors (Lipinski definition) is 2. The maximum absolute atomic E-state index is 4.50. The van der Waals surface area contributed by atoms with Gasteiger partial charge in [-0.15, -0.1) is 0 Å². The second-order valence-corrected chi connectivity index (χ2v) is 4.77. The van der Waals surface area contributed by atoms with E-state index in [1.165, 1.54) is 23.0 Å². The minimum Gasteiger partial charge on any atom is -0.317 e. The lowest BCUT2D eigenvalue weighted by molar-refractivity contribution is 0.584. The predicted octanol–water partition coefficient (Wildman–Crippen LogP) is 2.91. The van der Waals surface area contributed by atoms with Crippen LogP contribution in [0.2, 0.25) is 0 Å². The Balaban J connectivity index is 2.46. The molecule has 0 aliphatic carbocycles. The first kappa shape index (κ1) is 13.7. The van der Waals surface area contributed by atoms with E-state index in [2.05, 4.69) is 51.8 Å². The molecule has 0 unspecified atom stereocenters. The van der Waals surface area contributed by atoms with Crippen molar-refractivity contribution < 1.29 is 0 Å². The lowest BCUT2D eigenvalue weighted by Crippen LogP contribution is -2.14. The van der Waals surface area contributed by atoms with Gasteiger partial charge in [-0.1, -0.05) is 6.92 Å². The van der Waals surface area contributed by atoms with Crippen LogP contribution in [-0.2, 0) is 13.0 Å². The highest BCUT2D eigenvalue weighted by atomic mass is 79.9. The van der Waals surface area contributed by atoms with Gasteiger partial charge in [0.15, 0.2) is 0 Å². The number of nitrogens with one attached hydrogen (secondary N) is 1. The standard InChI is InChI=1S/C12H22BrN3/c1-4-14-9-7-6-8-11-12(13)10(3)15-16(11)5-2/h14H,4-9H2,1-3H3. The molecule has 0 amide bonds. The van der Waals surface area contributed by atoms with Gasteiger partial charge >= 0.3 is 0 Å². The van der Waals surface area contributed by atoms with Crippen LogP contribution in [-0.4, -0.2) is 22.9 Å². The third-order valence-electron chi connectivity index (χ3n) is 2.72. The first-order valence-electron chi connectivity index (χ1n) is 6.13. The molecular weight excluding hydrogens is 266 g/mol. The molecule has 1 heterocycles. The molecule has 16 heavy (non-hydrogen) atoms.